The van der Waals surface area contributed by atoms with Crippen molar-refractivity contribution in [2.45, 2.75) is 64.2 Å². The number of rotatable bonds is 7. The Bertz CT molecular complexity index is 1530. The fourth-order valence-corrected chi connectivity index (χ4v) is 4.86. The second-order valence-corrected chi connectivity index (χ2v) is 11.3. The van der Waals surface area contributed by atoms with E-state index >= 15 is 0 Å². The molecule has 2 N–H and O–H groups in total. The summed E-state index contributed by atoms with van der Waals surface area (Å²) in [4.78, 5) is 18.7. The SMILES string of the molecule is CN1CC[C@@H](Nc2cccc3c2cc(-c2noc(CNC(=O)c4ccn(C(C)(C)C)n4)n2)n3CC(F)(F)F)[C@@H](F)C1. The Kier molecular flexibility index (Phi) is 7.53. The van der Waals surface area contributed by atoms with Gasteiger partial charge in [0.05, 0.1) is 29.3 Å². The number of nitrogens with zero attached hydrogens (tertiary/aromatic N) is 6. The second kappa shape index (κ2) is 10.8. The Morgan fingerprint density at radius 3 is 2.66 bits per heavy atom. The number of benzene rings is 1. The molecule has 220 valence electrons. The largest absolute Gasteiger partial charge is 0.406 e. The number of hydrogen-bond donors (Lipinski definition) is 2. The number of halogens is 4. The normalized spacial score (nSPS) is 18.6. The van der Waals surface area contributed by atoms with Gasteiger partial charge in [0.2, 0.25) is 11.7 Å². The molecule has 0 radical (unpaired) electrons. The van der Waals surface area contributed by atoms with Crippen LogP contribution in [0.15, 0.2) is 41.1 Å². The lowest BCUT2D eigenvalue weighted by Crippen LogP contribution is -2.46. The van der Waals surface area contributed by atoms with E-state index in [4.69, 9.17) is 4.52 Å². The number of piperidine rings is 1. The molecule has 1 aromatic carbocycles. The van der Waals surface area contributed by atoms with Gasteiger partial charge in [-0.05, 0) is 58.5 Å². The number of carbonyl (C=O) groups excluding carboxylic acids is 1. The Morgan fingerprint density at radius 2 is 1.98 bits per heavy atom. The van der Waals surface area contributed by atoms with Crippen LogP contribution in [-0.2, 0) is 18.6 Å². The fraction of sp³-hybridized carbons (Fsp3) is 0.481. The highest BCUT2D eigenvalue weighted by Gasteiger charge is 2.32. The van der Waals surface area contributed by atoms with E-state index in [1.165, 1.54) is 6.07 Å². The molecule has 0 unspecified atom stereocenters. The first-order chi connectivity index (χ1) is 19.3. The topological polar surface area (TPSA) is 106 Å². The molecule has 0 saturated carbocycles. The predicted octanol–water partition coefficient (Wildman–Crippen LogP) is 4.59. The van der Waals surface area contributed by atoms with Gasteiger partial charge >= 0.3 is 6.18 Å². The van der Waals surface area contributed by atoms with Crippen LogP contribution in [0.4, 0.5) is 23.2 Å². The third kappa shape index (κ3) is 6.37. The lowest BCUT2D eigenvalue weighted by molar-refractivity contribution is -0.139. The summed E-state index contributed by atoms with van der Waals surface area (Å²) in [5.74, 6) is -0.521. The van der Waals surface area contributed by atoms with E-state index in [9.17, 15) is 22.4 Å². The molecule has 0 aliphatic carbocycles. The minimum absolute atomic E-state index is 0.0114. The highest BCUT2D eigenvalue weighted by atomic mass is 19.4. The number of hydrogen-bond acceptors (Lipinski definition) is 7. The maximum atomic E-state index is 14.7. The summed E-state index contributed by atoms with van der Waals surface area (Å²) in [7, 11) is 1.85. The third-order valence-corrected chi connectivity index (χ3v) is 6.97. The molecule has 1 aliphatic rings. The van der Waals surface area contributed by atoms with Crippen molar-refractivity contribution in [3.63, 3.8) is 0 Å². The monoisotopic (exact) mass is 576 g/mol. The molecule has 10 nitrogen and oxygen atoms in total. The zero-order valence-corrected chi connectivity index (χ0v) is 23.2. The van der Waals surface area contributed by atoms with Crippen molar-refractivity contribution in [2.24, 2.45) is 0 Å². The molecule has 14 heteroatoms. The standard InChI is InChI=1S/C27H32F4N8O2/c1-26(2,3)39-11-9-20(35-39)25(40)32-13-23-34-24(36-41-23)22-12-16-18(33-19-8-10-37(4)14-17(19)28)6-5-7-21(16)38(22)15-27(29,30)31/h5-7,9,11-12,17,19,33H,8,10,13-15H2,1-4H3,(H,32,40)/t17-,19+/m0/s1. The molecule has 5 rings (SSSR count). The number of fused-ring (bicyclic) bond motifs is 1. The van der Waals surface area contributed by atoms with E-state index in [2.05, 4.69) is 25.9 Å². The van der Waals surface area contributed by atoms with Crippen molar-refractivity contribution in [2.75, 3.05) is 25.5 Å². The average molecular weight is 577 g/mol. The van der Waals surface area contributed by atoms with Gasteiger partial charge in [0.15, 0.2) is 0 Å². The molecular weight excluding hydrogens is 544 g/mol. The van der Waals surface area contributed by atoms with Crippen LogP contribution < -0.4 is 10.6 Å². The molecule has 0 spiro atoms. The minimum Gasteiger partial charge on any atom is -0.379 e. The van der Waals surface area contributed by atoms with Gasteiger partial charge in [0.1, 0.15) is 18.4 Å². The highest BCUT2D eigenvalue weighted by molar-refractivity contribution is 5.96. The van der Waals surface area contributed by atoms with Gasteiger partial charge in [0, 0.05) is 30.4 Å². The number of amides is 1. The Hall–Kier alpha value is -3.94. The van der Waals surface area contributed by atoms with E-state index < -0.39 is 30.8 Å². The van der Waals surface area contributed by atoms with Crippen LogP contribution in [0.3, 0.4) is 0 Å². The summed E-state index contributed by atoms with van der Waals surface area (Å²) in [6.07, 6.45) is -3.40. The van der Waals surface area contributed by atoms with Crippen LogP contribution in [0.2, 0.25) is 0 Å². The van der Waals surface area contributed by atoms with Crippen LogP contribution in [0.25, 0.3) is 22.4 Å². The molecular formula is C27H32F4N8O2. The van der Waals surface area contributed by atoms with Crippen molar-refractivity contribution in [1.29, 1.82) is 0 Å². The molecule has 4 aromatic rings. The molecule has 1 aliphatic heterocycles. The summed E-state index contributed by atoms with van der Waals surface area (Å²) < 4.78 is 63.6. The first-order valence-corrected chi connectivity index (χ1v) is 13.2. The van der Waals surface area contributed by atoms with Crippen LogP contribution in [-0.4, -0.2) is 73.8 Å². The van der Waals surface area contributed by atoms with E-state index in [1.807, 2.05) is 32.7 Å². The van der Waals surface area contributed by atoms with Gasteiger partial charge in [0.25, 0.3) is 5.91 Å². The van der Waals surface area contributed by atoms with Gasteiger partial charge in [-0.25, -0.2) is 4.39 Å². The van der Waals surface area contributed by atoms with Crippen molar-refractivity contribution in [3.05, 3.63) is 48.1 Å². The van der Waals surface area contributed by atoms with Gasteiger partial charge in [-0.2, -0.15) is 23.3 Å². The zero-order chi connectivity index (χ0) is 29.5. The Labute approximate surface area is 233 Å². The molecule has 2 atom stereocenters. The Morgan fingerprint density at radius 1 is 1.20 bits per heavy atom. The van der Waals surface area contributed by atoms with E-state index in [1.54, 1.807) is 35.1 Å². The van der Waals surface area contributed by atoms with Gasteiger partial charge in [-0.1, -0.05) is 11.2 Å². The van der Waals surface area contributed by atoms with E-state index in [0.29, 0.717) is 29.6 Å². The number of carbonyl (C=O) groups is 1. The van der Waals surface area contributed by atoms with Crippen molar-refractivity contribution >= 4 is 22.5 Å². The molecule has 41 heavy (non-hydrogen) atoms. The van der Waals surface area contributed by atoms with E-state index in [0.717, 1.165) is 4.57 Å². The van der Waals surface area contributed by atoms with Crippen LogP contribution in [0.1, 0.15) is 43.6 Å². The molecule has 1 saturated heterocycles. The molecule has 0 bridgehead atoms. The lowest BCUT2D eigenvalue weighted by Gasteiger charge is -2.33. The first kappa shape index (κ1) is 28.6. The number of anilines is 1. The number of nitrogens with one attached hydrogen (secondary N) is 2. The second-order valence-electron chi connectivity index (χ2n) is 11.3. The van der Waals surface area contributed by atoms with Gasteiger partial charge < -0.3 is 24.6 Å². The predicted molar refractivity (Wildman–Crippen MR) is 144 cm³/mol. The third-order valence-electron chi connectivity index (χ3n) is 6.97. The minimum atomic E-state index is -4.53. The van der Waals surface area contributed by atoms with Crippen LogP contribution in [0, 0.1) is 0 Å². The summed E-state index contributed by atoms with van der Waals surface area (Å²) in [6, 6.07) is 7.56. The summed E-state index contributed by atoms with van der Waals surface area (Å²) in [5, 5.41) is 14.5. The molecule has 3 aromatic heterocycles. The first-order valence-electron chi connectivity index (χ1n) is 13.2. The van der Waals surface area contributed by atoms with Crippen LogP contribution in [0.5, 0.6) is 0 Å². The summed E-state index contributed by atoms with van der Waals surface area (Å²) in [5.41, 5.74) is 0.791. The highest BCUT2D eigenvalue weighted by Crippen LogP contribution is 2.35. The maximum Gasteiger partial charge on any atom is 0.406 e. The van der Waals surface area contributed by atoms with Crippen molar-refractivity contribution in [1.82, 2.24) is 34.7 Å². The summed E-state index contributed by atoms with van der Waals surface area (Å²) in [6.45, 7) is 5.40. The van der Waals surface area contributed by atoms with Gasteiger partial charge in [-0.3, -0.25) is 9.48 Å². The molecule has 1 amide bonds. The number of aromatic nitrogens is 5. The number of alkyl halides is 4. The van der Waals surface area contributed by atoms with Crippen molar-refractivity contribution < 1.29 is 26.9 Å². The van der Waals surface area contributed by atoms with Crippen molar-refractivity contribution in [3.8, 4) is 11.5 Å². The zero-order valence-electron chi connectivity index (χ0n) is 23.2. The summed E-state index contributed by atoms with van der Waals surface area (Å²) >= 11 is 0. The smallest absolute Gasteiger partial charge is 0.379 e. The fourth-order valence-electron chi connectivity index (χ4n) is 4.86. The van der Waals surface area contributed by atoms with E-state index in [-0.39, 0.29) is 41.7 Å². The average Bonchev–Trinajstić information content (AvgIpc) is 3.63. The van der Waals surface area contributed by atoms with Crippen LogP contribution >= 0.6 is 0 Å². The lowest BCUT2D eigenvalue weighted by atomic mass is 10.0. The Balaban J connectivity index is 1.40. The molecule has 1 fully saturated rings. The number of likely N-dealkylation sites (tertiary alicyclic amines) is 1. The molecule has 4 heterocycles. The maximum absolute atomic E-state index is 14.7. The van der Waals surface area contributed by atoms with Gasteiger partial charge in [-0.15, -0.1) is 0 Å². The quantitative estimate of drug-likeness (QED) is 0.310.